The van der Waals surface area contributed by atoms with Crippen molar-refractivity contribution in [2.75, 3.05) is 29.5 Å². The second kappa shape index (κ2) is 10.6. The van der Waals surface area contributed by atoms with Crippen molar-refractivity contribution in [2.24, 2.45) is 5.92 Å². The molecule has 37 heavy (non-hydrogen) atoms. The standard InChI is InChI=1S/C29H34ClN5OS/c1-20-11-15-33(16-12-20)25-10-9-21(18-23(25)30)35-28(27(32-29(35)37)24-7-2-3-13-31-24)26-8-4-14-34(26)19-22-6-5-17-36-22/h2-4,7-10,13-14,18,20,22,27-28H,5-6,11-12,15-17,19H2,1H3,(H,32,37)/t22-,27+,28+/m0/s1. The molecule has 0 aliphatic carbocycles. The van der Waals surface area contributed by atoms with E-state index < -0.39 is 0 Å². The van der Waals surface area contributed by atoms with Gasteiger partial charge in [0.25, 0.3) is 0 Å². The number of nitrogens with one attached hydrogen (secondary N) is 1. The summed E-state index contributed by atoms with van der Waals surface area (Å²) in [5.74, 6) is 0.775. The molecule has 5 heterocycles. The average molecular weight is 536 g/mol. The molecule has 3 aromatic rings. The normalized spacial score (nSPS) is 24.6. The monoisotopic (exact) mass is 535 g/mol. The van der Waals surface area contributed by atoms with Gasteiger partial charge < -0.3 is 24.4 Å². The Bertz CT molecular complexity index is 1240. The number of pyridine rings is 1. The van der Waals surface area contributed by atoms with Crippen LogP contribution in [0.25, 0.3) is 0 Å². The number of benzene rings is 1. The average Bonchev–Trinajstić information content (AvgIpc) is 3.66. The topological polar surface area (TPSA) is 45.6 Å². The van der Waals surface area contributed by atoms with E-state index in [2.05, 4.69) is 69.2 Å². The number of anilines is 2. The zero-order valence-electron chi connectivity index (χ0n) is 21.2. The lowest BCUT2D eigenvalue weighted by atomic mass is 9.98. The maximum Gasteiger partial charge on any atom is 0.174 e. The Balaban J connectivity index is 1.36. The van der Waals surface area contributed by atoms with Crippen molar-refractivity contribution in [3.05, 3.63) is 77.3 Å². The first-order valence-corrected chi connectivity index (χ1v) is 14.2. The van der Waals surface area contributed by atoms with Crippen molar-refractivity contribution < 1.29 is 4.74 Å². The van der Waals surface area contributed by atoms with E-state index in [-0.39, 0.29) is 18.2 Å². The third-order valence-corrected chi connectivity index (χ3v) is 8.64. The molecule has 0 radical (unpaired) electrons. The van der Waals surface area contributed by atoms with Crippen molar-refractivity contribution in [1.29, 1.82) is 0 Å². The minimum Gasteiger partial charge on any atom is -0.376 e. The van der Waals surface area contributed by atoms with Gasteiger partial charge in [-0.15, -0.1) is 0 Å². The number of piperidine rings is 1. The molecule has 194 valence electrons. The van der Waals surface area contributed by atoms with Gasteiger partial charge in [0.05, 0.1) is 28.5 Å². The molecular formula is C29H34ClN5OS. The molecule has 1 N–H and O–H groups in total. The number of thiocarbonyl (C=S) groups is 1. The van der Waals surface area contributed by atoms with Gasteiger partial charge in [-0.2, -0.15) is 0 Å². The van der Waals surface area contributed by atoms with Crippen molar-refractivity contribution in [2.45, 2.75) is 57.3 Å². The van der Waals surface area contributed by atoms with Crippen LogP contribution < -0.4 is 15.1 Å². The van der Waals surface area contributed by atoms with E-state index in [1.807, 2.05) is 18.3 Å². The summed E-state index contributed by atoms with van der Waals surface area (Å²) < 4.78 is 8.29. The Hall–Kier alpha value is -2.61. The van der Waals surface area contributed by atoms with Gasteiger partial charge in [-0.1, -0.05) is 24.6 Å². The van der Waals surface area contributed by atoms with Gasteiger partial charge in [0.15, 0.2) is 5.11 Å². The summed E-state index contributed by atoms with van der Waals surface area (Å²) in [6.45, 7) is 6.10. The van der Waals surface area contributed by atoms with Crippen LogP contribution in [0.5, 0.6) is 0 Å². The number of hydrogen-bond acceptors (Lipinski definition) is 4. The van der Waals surface area contributed by atoms with Crippen LogP contribution in [-0.4, -0.2) is 40.5 Å². The first kappa shape index (κ1) is 24.7. The summed E-state index contributed by atoms with van der Waals surface area (Å²) in [7, 11) is 0. The molecule has 6 nitrogen and oxygen atoms in total. The Labute approximate surface area is 229 Å². The molecule has 6 rings (SSSR count). The van der Waals surface area contributed by atoms with Gasteiger partial charge in [0, 0.05) is 50.0 Å². The van der Waals surface area contributed by atoms with Crippen molar-refractivity contribution in [3.8, 4) is 0 Å². The molecule has 2 aromatic heterocycles. The molecule has 0 spiro atoms. The predicted octanol–water partition coefficient (Wildman–Crippen LogP) is 6.13. The van der Waals surface area contributed by atoms with Crippen molar-refractivity contribution in [1.82, 2.24) is 14.9 Å². The molecule has 0 saturated carbocycles. The highest BCUT2D eigenvalue weighted by atomic mass is 35.5. The summed E-state index contributed by atoms with van der Waals surface area (Å²) in [4.78, 5) is 9.32. The van der Waals surface area contributed by atoms with E-state index in [4.69, 9.17) is 33.5 Å². The summed E-state index contributed by atoms with van der Waals surface area (Å²) >= 11 is 12.9. The van der Waals surface area contributed by atoms with Crippen LogP contribution in [0, 0.1) is 5.92 Å². The number of halogens is 1. The van der Waals surface area contributed by atoms with Crippen molar-refractivity contribution >= 4 is 40.3 Å². The molecule has 0 amide bonds. The Kier molecular flexibility index (Phi) is 7.10. The Morgan fingerprint density at radius 1 is 1.11 bits per heavy atom. The Morgan fingerprint density at radius 2 is 1.97 bits per heavy atom. The summed E-state index contributed by atoms with van der Waals surface area (Å²) in [5, 5.41) is 5.03. The van der Waals surface area contributed by atoms with Crippen LogP contribution in [0.4, 0.5) is 11.4 Å². The van der Waals surface area contributed by atoms with Crippen LogP contribution >= 0.6 is 23.8 Å². The third-order valence-electron chi connectivity index (χ3n) is 8.02. The van der Waals surface area contributed by atoms with E-state index in [0.29, 0.717) is 5.11 Å². The summed E-state index contributed by atoms with van der Waals surface area (Å²) in [6, 6.07) is 16.6. The number of ether oxygens (including phenoxy) is 1. The molecule has 3 fully saturated rings. The van der Waals surface area contributed by atoms with Crippen LogP contribution in [0.3, 0.4) is 0 Å². The molecule has 3 aliphatic rings. The molecule has 8 heteroatoms. The quantitative estimate of drug-likeness (QED) is 0.383. The fourth-order valence-corrected chi connectivity index (χ4v) is 6.60. The van der Waals surface area contributed by atoms with Gasteiger partial charge in [-0.05, 0) is 86.3 Å². The molecule has 0 unspecified atom stereocenters. The number of nitrogens with zero attached hydrogens (tertiary/aromatic N) is 4. The lowest BCUT2D eigenvalue weighted by Gasteiger charge is -2.34. The maximum atomic E-state index is 6.93. The fourth-order valence-electron chi connectivity index (χ4n) is 5.95. The van der Waals surface area contributed by atoms with Gasteiger partial charge in [-0.25, -0.2) is 0 Å². The minimum atomic E-state index is -0.0890. The van der Waals surface area contributed by atoms with Gasteiger partial charge in [-0.3, -0.25) is 4.98 Å². The highest BCUT2D eigenvalue weighted by Gasteiger charge is 2.42. The largest absolute Gasteiger partial charge is 0.376 e. The number of aromatic nitrogens is 2. The van der Waals surface area contributed by atoms with E-state index in [9.17, 15) is 0 Å². The molecule has 3 saturated heterocycles. The molecule has 3 atom stereocenters. The van der Waals surface area contributed by atoms with Crippen LogP contribution in [0.1, 0.15) is 56.1 Å². The zero-order chi connectivity index (χ0) is 25.4. The highest BCUT2D eigenvalue weighted by molar-refractivity contribution is 7.80. The van der Waals surface area contributed by atoms with Gasteiger partial charge in [0.1, 0.15) is 6.04 Å². The van der Waals surface area contributed by atoms with E-state index in [1.54, 1.807) is 0 Å². The smallest absolute Gasteiger partial charge is 0.174 e. The Morgan fingerprint density at radius 3 is 2.70 bits per heavy atom. The lowest BCUT2D eigenvalue weighted by Crippen LogP contribution is -2.33. The molecule has 3 aliphatic heterocycles. The molecular weight excluding hydrogens is 502 g/mol. The zero-order valence-corrected chi connectivity index (χ0v) is 22.8. The number of hydrogen-bond donors (Lipinski definition) is 1. The minimum absolute atomic E-state index is 0.0726. The van der Waals surface area contributed by atoms with Crippen LogP contribution in [-0.2, 0) is 11.3 Å². The van der Waals surface area contributed by atoms with Crippen molar-refractivity contribution in [3.63, 3.8) is 0 Å². The summed E-state index contributed by atoms with van der Waals surface area (Å²) in [5.41, 5.74) is 4.25. The van der Waals surface area contributed by atoms with Crippen LogP contribution in [0.2, 0.25) is 5.02 Å². The molecule has 0 bridgehead atoms. The van der Waals surface area contributed by atoms with Gasteiger partial charge in [0.2, 0.25) is 0 Å². The van der Waals surface area contributed by atoms with E-state index in [0.717, 1.165) is 67.1 Å². The first-order valence-electron chi connectivity index (χ1n) is 13.4. The lowest BCUT2D eigenvalue weighted by molar-refractivity contribution is 0.0961. The number of rotatable bonds is 6. The van der Waals surface area contributed by atoms with E-state index in [1.165, 1.54) is 18.5 Å². The van der Waals surface area contributed by atoms with Gasteiger partial charge >= 0.3 is 0 Å². The van der Waals surface area contributed by atoms with E-state index >= 15 is 0 Å². The highest BCUT2D eigenvalue weighted by Crippen LogP contribution is 2.43. The third kappa shape index (κ3) is 4.97. The van der Waals surface area contributed by atoms with Crippen LogP contribution in [0.15, 0.2) is 60.9 Å². The molecule has 1 aromatic carbocycles. The maximum absolute atomic E-state index is 6.93. The predicted molar refractivity (Wildman–Crippen MR) is 153 cm³/mol. The second-order valence-corrected chi connectivity index (χ2v) is 11.3. The fraction of sp³-hybridized carbons (Fsp3) is 0.448. The second-order valence-electron chi connectivity index (χ2n) is 10.5. The SMILES string of the molecule is CC1CCN(c2ccc(N3C(=S)N[C@H](c4ccccn4)[C@H]3c3cccn3C[C@@H]3CCCO3)cc2Cl)CC1. The summed E-state index contributed by atoms with van der Waals surface area (Å²) in [6.07, 6.45) is 8.87. The first-order chi connectivity index (χ1) is 18.1.